The Kier molecular flexibility index (Phi) is 7.95. The van der Waals surface area contributed by atoms with Crippen molar-refractivity contribution in [3.63, 3.8) is 0 Å². The van der Waals surface area contributed by atoms with Crippen molar-refractivity contribution in [1.82, 2.24) is 10.2 Å². The van der Waals surface area contributed by atoms with Crippen molar-refractivity contribution >= 4 is 16.1 Å². The number of alkyl halides is 3. The summed E-state index contributed by atoms with van der Waals surface area (Å²) in [5, 5.41) is 2.69. The van der Waals surface area contributed by atoms with Crippen LogP contribution in [-0.4, -0.2) is 33.0 Å². The molecule has 1 aromatic heterocycles. The van der Waals surface area contributed by atoms with Crippen LogP contribution in [-0.2, 0) is 29.4 Å². The lowest BCUT2D eigenvalue weighted by Gasteiger charge is -2.22. The summed E-state index contributed by atoms with van der Waals surface area (Å²) >= 11 is 0. The number of hydrogen-bond acceptors (Lipinski definition) is 6. The quantitative estimate of drug-likeness (QED) is 0.414. The Balaban J connectivity index is 1.89. The van der Waals surface area contributed by atoms with Gasteiger partial charge in [0.1, 0.15) is 10.7 Å². The summed E-state index contributed by atoms with van der Waals surface area (Å²) in [5.41, 5.74) is -0.642. The van der Waals surface area contributed by atoms with Crippen molar-refractivity contribution in [3.8, 4) is 11.5 Å². The molecule has 3 aromatic rings. The first-order valence-electron chi connectivity index (χ1n) is 10.4. The average Bonchev–Trinajstić information content (AvgIpc) is 3.31. The van der Waals surface area contributed by atoms with Crippen LogP contribution in [0.25, 0.3) is 0 Å². The third kappa shape index (κ3) is 6.69. The van der Waals surface area contributed by atoms with Crippen LogP contribution < -0.4 is 14.2 Å². The van der Waals surface area contributed by atoms with E-state index < -0.39 is 26.8 Å². The summed E-state index contributed by atoms with van der Waals surface area (Å²) in [6, 6.07) is 10.6. The van der Waals surface area contributed by atoms with E-state index in [-0.39, 0.29) is 30.6 Å². The van der Waals surface area contributed by atoms with E-state index in [4.69, 9.17) is 13.3 Å². The maximum absolute atomic E-state index is 13.0. The van der Waals surface area contributed by atoms with Gasteiger partial charge in [-0.1, -0.05) is 12.1 Å². The van der Waals surface area contributed by atoms with E-state index in [2.05, 4.69) is 5.32 Å². The molecule has 0 radical (unpaired) electrons. The van der Waals surface area contributed by atoms with Gasteiger partial charge in [0.25, 0.3) is 0 Å². The number of nitrogens with one attached hydrogen (secondary N) is 1. The van der Waals surface area contributed by atoms with Gasteiger partial charge in [0.2, 0.25) is 0 Å². The van der Waals surface area contributed by atoms with Gasteiger partial charge >= 0.3 is 22.3 Å². The molecule has 188 valence electrons. The molecule has 12 heteroatoms. The first-order valence-corrected chi connectivity index (χ1v) is 11.8. The highest BCUT2D eigenvalue weighted by atomic mass is 32.2. The summed E-state index contributed by atoms with van der Waals surface area (Å²) in [6.45, 7) is 2.35. The van der Waals surface area contributed by atoms with E-state index in [0.29, 0.717) is 23.9 Å². The Morgan fingerprint density at radius 2 is 1.83 bits per heavy atom. The van der Waals surface area contributed by atoms with Gasteiger partial charge in [0.05, 0.1) is 25.5 Å². The van der Waals surface area contributed by atoms with Crippen LogP contribution in [0, 0.1) is 0 Å². The van der Waals surface area contributed by atoms with Crippen molar-refractivity contribution < 1.29 is 39.7 Å². The summed E-state index contributed by atoms with van der Waals surface area (Å²) in [4.78, 5) is 13.3. The normalized spacial score (nSPS) is 11.7. The van der Waals surface area contributed by atoms with Crippen molar-refractivity contribution in [2.75, 3.05) is 13.7 Å². The zero-order valence-corrected chi connectivity index (χ0v) is 19.7. The molecule has 0 saturated carbocycles. The van der Waals surface area contributed by atoms with Gasteiger partial charge in [0, 0.05) is 13.1 Å². The number of furan rings is 1. The lowest BCUT2D eigenvalue weighted by molar-refractivity contribution is -0.137. The lowest BCUT2D eigenvalue weighted by atomic mass is 10.2. The van der Waals surface area contributed by atoms with E-state index in [9.17, 15) is 26.4 Å². The number of carbonyl (C=O) groups excluding carboxylic acids is 1. The monoisotopic (exact) mass is 512 g/mol. The van der Waals surface area contributed by atoms with E-state index in [1.54, 1.807) is 25.1 Å². The summed E-state index contributed by atoms with van der Waals surface area (Å²) in [6.07, 6.45) is -3.25. The highest BCUT2D eigenvalue weighted by Gasteiger charge is 2.32. The molecule has 8 nitrogen and oxygen atoms in total. The molecule has 2 aromatic carbocycles. The maximum atomic E-state index is 13.0. The number of urea groups is 1. The van der Waals surface area contributed by atoms with E-state index in [1.807, 2.05) is 0 Å². The van der Waals surface area contributed by atoms with Gasteiger partial charge in [-0.3, -0.25) is 0 Å². The molecule has 0 bridgehead atoms. The Bertz CT molecular complexity index is 1260. The number of ether oxygens (including phenoxy) is 1. The molecular formula is C23H23F3N2O6S. The summed E-state index contributed by atoms with van der Waals surface area (Å²) in [5.74, 6) is 0.338. The summed E-state index contributed by atoms with van der Waals surface area (Å²) in [7, 11) is -3.34. The molecular weight excluding hydrogens is 489 g/mol. The van der Waals surface area contributed by atoms with Crippen LogP contribution in [0.15, 0.2) is 70.2 Å². The van der Waals surface area contributed by atoms with Gasteiger partial charge < -0.3 is 23.6 Å². The van der Waals surface area contributed by atoms with Gasteiger partial charge in [0.15, 0.2) is 11.5 Å². The van der Waals surface area contributed by atoms with Gasteiger partial charge in [-0.15, -0.1) is 0 Å². The Morgan fingerprint density at radius 1 is 1.06 bits per heavy atom. The zero-order valence-electron chi connectivity index (χ0n) is 18.8. The molecule has 0 atom stereocenters. The van der Waals surface area contributed by atoms with Gasteiger partial charge in [-0.05, 0) is 55.0 Å². The van der Waals surface area contributed by atoms with Crippen molar-refractivity contribution in [3.05, 3.63) is 77.7 Å². The fraction of sp³-hybridized carbons (Fsp3) is 0.261. The third-order valence-corrected chi connectivity index (χ3v) is 6.02. The second-order valence-corrected chi connectivity index (χ2v) is 8.87. The number of nitrogens with zero attached hydrogens (tertiary/aromatic N) is 1. The largest absolute Gasteiger partial charge is 0.493 e. The Hall–Kier alpha value is -3.67. The molecule has 3 rings (SSSR count). The smallest absolute Gasteiger partial charge is 0.416 e. The van der Waals surface area contributed by atoms with Crippen LogP contribution in [0.1, 0.15) is 23.8 Å². The van der Waals surface area contributed by atoms with Crippen molar-refractivity contribution in [2.45, 2.75) is 31.1 Å². The minimum absolute atomic E-state index is 0.0416. The molecule has 2 amide bonds. The van der Waals surface area contributed by atoms with Crippen molar-refractivity contribution in [1.29, 1.82) is 0 Å². The molecule has 1 heterocycles. The fourth-order valence-electron chi connectivity index (χ4n) is 3.15. The zero-order chi connectivity index (χ0) is 25.6. The predicted molar refractivity (Wildman–Crippen MR) is 119 cm³/mol. The van der Waals surface area contributed by atoms with Gasteiger partial charge in [-0.25, -0.2) is 4.79 Å². The Labute approximate surface area is 200 Å². The van der Waals surface area contributed by atoms with Crippen LogP contribution in [0.4, 0.5) is 18.0 Å². The fourth-order valence-corrected chi connectivity index (χ4v) is 4.13. The first-order chi connectivity index (χ1) is 16.5. The Morgan fingerprint density at radius 3 is 2.46 bits per heavy atom. The van der Waals surface area contributed by atoms with E-state index in [1.165, 1.54) is 30.4 Å². The first kappa shape index (κ1) is 25.9. The van der Waals surface area contributed by atoms with E-state index in [0.717, 1.165) is 18.2 Å². The number of benzene rings is 2. The molecule has 1 N–H and O–H groups in total. The minimum Gasteiger partial charge on any atom is -0.493 e. The second-order valence-electron chi connectivity index (χ2n) is 7.32. The van der Waals surface area contributed by atoms with Crippen LogP contribution in [0.2, 0.25) is 0 Å². The number of hydrogen-bond donors (Lipinski definition) is 1. The SMILES string of the molecule is CCNC(=O)N(Cc1ccc(OC)c(OS(=O)(=O)c2cccc(C(F)(F)F)c2)c1)Cc1ccco1. The maximum Gasteiger partial charge on any atom is 0.416 e. The second kappa shape index (κ2) is 10.7. The molecule has 0 aliphatic heterocycles. The molecule has 35 heavy (non-hydrogen) atoms. The molecule has 0 aliphatic carbocycles. The molecule has 0 unspecified atom stereocenters. The van der Waals surface area contributed by atoms with Crippen molar-refractivity contribution in [2.24, 2.45) is 0 Å². The summed E-state index contributed by atoms with van der Waals surface area (Å²) < 4.78 is 80.2. The standard InChI is InChI=1S/C23H23F3N2O6S/c1-3-27-22(29)28(15-18-7-5-11-33-18)14-16-9-10-20(32-2)21(12-16)34-35(30,31)19-8-4-6-17(13-19)23(24,25)26/h4-13H,3,14-15H2,1-2H3,(H,27,29). The number of carbonyl (C=O) groups is 1. The number of rotatable bonds is 9. The third-order valence-electron chi connectivity index (χ3n) is 4.79. The van der Waals surface area contributed by atoms with E-state index >= 15 is 0 Å². The van der Waals surface area contributed by atoms with Crippen LogP contribution in [0.3, 0.4) is 0 Å². The topological polar surface area (TPSA) is 98.1 Å². The predicted octanol–water partition coefficient (Wildman–Crippen LogP) is 4.81. The molecule has 0 aliphatic rings. The average molecular weight is 513 g/mol. The molecule has 0 spiro atoms. The van der Waals surface area contributed by atoms with Crippen LogP contribution >= 0.6 is 0 Å². The highest BCUT2D eigenvalue weighted by Crippen LogP contribution is 2.34. The van der Waals surface area contributed by atoms with Crippen LogP contribution in [0.5, 0.6) is 11.5 Å². The minimum atomic E-state index is -4.72. The molecule has 0 fully saturated rings. The number of amides is 2. The number of halogens is 3. The molecule has 0 saturated heterocycles. The highest BCUT2D eigenvalue weighted by molar-refractivity contribution is 7.87. The lowest BCUT2D eigenvalue weighted by Crippen LogP contribution is -2.38. The number of methoxy groups -OCH3 is 1. The van der Waals surface area contributed by atoms with Gasteiger partial charge in [-0.2, -0.15) is 21.6 Å².